The number of halogens is 1. The van der Waals surface area contributed by atoms with E-state index in [-0.39, 0.29) is 11.3 Å². The maximum Gasteiger partial charge on any atom is 0.266 e. The molecule has 2 aromatic carbocycles. The molecule has 0 atom stereocenters. The molecule has 6 nitrogen and oxygen atoms in total. The van der Waals surface area contributed by atoms with E-state index in [1.165, 1.54) is 23.4 Å². The number of ether oxygens (including phenoxy) is 1. The molecular weight excluding hydrogens is 467 g/mol. The van der Waals surface area contributed by atoms with E-state index in [1.54, 1.807) is 18.2 Å². The van der Waals surface area contributed by atoms with Crippen LogP contribution in [0.15, 0.2) is 77.0 Å². The number of rotatable bonds is 8. The zero-order valence-corrected chi connectivity index (χ0v) is 21.5. The number of amides is 1. The van der Waals surface area contributed by atoms with Gasteiger partial charge in [-0.2, -0.15) is 5.26 Å². The van der Waals surface area contributed by atoms with Gasteiger partial charge in [-0.3, -0.25) is 4.79 Å². The number of hydrogen-bond donors (Lipinski definition) is 1. The van der Waals surface area contributed by atoms with Crippen LogP contribution in [0.1, 0.15) is 32.3 Å². The molecule has 0 spiro atoms. The van der Waals surface area contributed by atoms with Crippen LogP contribution in [0, 0.1) is 17.1 Å². The number of carbonyl (C=O) groups excluding carboxylic acids is 1. The molecule has 4 rings (SSSR count). The monoisotopic (exact) mass is 500 g/mol. The van der Waals surface area contributed by atoms with Gasteiger partial charge in [0, 0.05) is 37.6 Å². The summed E-state index contributed by atoms with van der Waals surface area (Å²) in [5.41, 5.74) is 5.49. The van der Waals surface area contributed by atoms with Crippen LogP contribution in [-0.2, 0) is 9.53 Å². The van der Waals surface area contributed by atoms with Gasteiger partial charge in [-0.05, 0) is 79.8 Å². The van der Waals surface area contributed by atoms with E-state index in [1.807, 2.05) is 6.07 Å². The Labute approximate surface area is 218 Å². The fraction of sp³-hybridized carbons (Fsp3) is 0.333. The lowest BCUT2D eigenvalue weighted by Gasteiger charge is -2.31. The molecule has 0 bridgehead atoms. The lowest BCUT2D eigenvalue weighted by molar-refractivity contribution is -0.112. The summed E-state index contributed by atoms with van der Waals surface area (Å²) in [7, 11) is 0. The summed E-state index contributed by atoms with van der Waals surface area (Å²) in [5.74, 6) is -1.16. The minimum atomic E-state index is -0.620. The lowest BCUT2D eigenvalue weighted by atomic mass is 10.1. The van der Waals surface area contributed by atoms with Crippen molar-refractivity contribution >= 4 is 23.4 Å². The number of allylic oxidation sites excluding steroid dienone is 3. The number of nitrogens with one attached hydrogen (secondary N) is 1. The van der Waals surface area contributed by atoms with Crippen LogP contribution in [0.2, 0.25) is 0 Å². The Balaban J connectivity index is 1.66. The van der Waals surface area contributed by atoms with E-state index >= 15 is 0 Å². The predicted molar refractivity (Wildman–Crippen MR) is 145 cm³/mol. The lowest BCUT2D eigenvalue weighted by Crippen LogP contribution is -2.36. The molecule has 1 amide bonds. The van der Waals surface area contributed by atoms with Crippen molar-refractivity contribution < 1.29 is 13.9 Å². The summed E-state index contributed by atoms with van der Waals surface area (Å²) in [6, 6.07) is 16.5. The van der Waals surface area contributed by atoms with Gasteiger partial charge in [0.1, 0.15) is 17.5 Å². The second kappa shape index (κ2) is 12.4. The van der Waals surface area contributed by atoms with E-state index in [0.717, 1.165) is 49.4 Å². The average Bonchev–Trinajstić information content (AvgIpc) is 3.32. The molecule has 1 aliphatic heterocycles. The van der Waals surface area contributed by atoms with E-state index in [4.69, 9.17) is 4.74 Å². The number of nitriles is 1. The second-order valence-corrected chi connectivity index (χ2v) is 9.01. The smallest absolute Gasteiger partial charge is 0.266 e. The van der Waals surface area contributed by atoms with Crippen molar-refractivity contribution in [2.24, 2.45) is 0 Å². The standard InChI is InChI=1S/C30H33FN4O2/c1-3-34(4-2)26-13-9-22(10-14-26)19-23-11-12-24(29(23)35-15-17-37-18-16-35)20-25(21-32)30(36)33-28-8-6-5-7-27(28)31/h5-10,13-14,19-20H,3-4,11-12,15-18H2,1-2H3,(H,33,36)/b23-19+,25-20-. The van der Waals surface area contributed by atoms with Crippen molar-refractivity contribution in [3.8, 4) is 6.07 Å². The molecule has 1 aliphatic carbocycles. The normalized spacial score (nSPS) is 17.2. The van der Waals surface area contributed by atoms with Gasteiger partial charge in [0.25, 0.3) is 5.91 Å². The summed E-state index contributed by atoms with van der Waals surface area (Å²) >= 11 is 0. The van der Waals surface area contributed by atoms with Crippen LogP contribution < -0.4 is 10.2 Å². The Bertz CT molecular complexity index is 1250. The van der Waals surface area contributed by atoms with Gasteiger partial charge < -0.3 is 19.9 Å². The quantitative estimate of drug-likeness (QED) is 0.382. The molecule has 0 aromatic heterocycles. The Hall–Kier alpha value is -3.89. The largest absolute Gasteiger partial charge is 0.378 e. The number of morpholine rings is 1. The van der Waals surface area contributed by atoms with E-state index in [9.17, 15) is 14.4 Å². The first kappa shape index (κ1) is 26.2. The van der Waals surface area contributed by atoms with Gasteiger partial charge >= 0.3 is 0 Å². The molecule has 1 saturated heterocycles. The van der Waals surface area contributed by atoms with Crippen LogP contribution in [0.5, 0.6) is 0 Å². The van der Waals surface area contributed by atoms with Crippen molar-refractivity contribution in [1.82, 2.24) is 4.90 Å². The first-order valence-electron chi connectivity index (χ1n) is 12.8. The highest BCUT2D eigenvalue weighted by molar-refractivity contribution is 6.07. The van der Waals surface area contributed by atoms with Gasteiger partial charge in [0.2, 0.25) is 0 Å². The highest BCUT2D eigenvalue weighted by Crippen LogP contribution is 2.37. The topological polar surface area (TPSA) is 68.6 Å². The number of nitrogens with zero attached hydrogens (tertiary/aromatic N) is 3. The molecular formula is C30H33FN4O2. The Kier molecular flexibility index (Phi) is 8.76. The molecule has 0 unspecified atom stereocenters. The number of anilines is 2. The predicted octanol–water partition coefficient (Wildman–Crippen LogP) is 5.52. The maximum atomic E-state index is 14.0. The van der Waals surface area contributed by atoms with Crippen LogP contribution in [0.25, 0.3) is 6.08 Å². The summed E-state index contributed by atoms with van der Waals surface area (Å²) in [5, 5.41) is 12.3. The van der Waals surface area contributed by atoms with E-state index in [2.05, 4.69) is 59.3 Å². The molecule has 2 aromatic rings. The highest BCUT2D eigenvalue weighted by atomic mass is 19.1. The fourth-order valence-corrected chi connectivity index (χ4v) is 4.83. The number of benzene rings is 2. The average molecular weight is 501 g/mol. The summed E-state index contributed by atoms with van der Waals surface area (Å²) in [6.45, 7) is 8.97. The molecule has 1 fully saturated rings. The highest BCUT2D eigenvalue weighted by Gasteiger charge is 2.26. The number of hydrogen-bond acceptors (Lipinski definition) is 5. The third-order valence-electron chi connectivity index (χ3n) is 6.77. The molecule has 0 radical (unpaired) electrons. The summed E-state index contributed by atoms with van der Waals surface area (Å²) in [6.07, 6.45) is 5.38. The van der Waals surface area contributed by atoms with E-state index < -0.39 is 11.7 Å². The molecule has 7 heteroatoms. The van der Waals surface area contributed by atoms with Gasteiger partial charge in [0.15, 0.2) is 0 Å². The van der Waals surface area contributed by atoms with Crippen molar-refractivity contribution in [3.63, 3.8) is 0 Å². The third-order valence-corrected chi connectivity index (χ3v) is 6.77. The van der Waals surface area contributed by atoms with E-state index in [0.29, 0.717) is 19.6 Å². The second-order valence-electron chi connectivity index (χ2n) is 9.01. The van der Waals surface area contributed by atoms with Gasteiger partial charge in [-0.1, -0.05) is 24.3 Å². The first-order valence-corrected chi connectivity index (χ1v) is 12.8. The number of carbonyl (C=O) groups is 1. The van der Waals surface area contributed by atoms with Crippen LogP contribution in [0.3, 0.4) is 0 Å². The van der Waals surface area contributed by atoms with Crippen molar-refractivity contribution in [2.45, 2.75) is 26.7 Å². The fourth-order valence-electron chi connectivity index (χ4n) is 4.83. The summed E-state index contributed by atoms with van der Waals surface area (Å²) < 4.78 is 19.6. The van der Waals surface area contributed by atoms with Crippen molar-refractivity contribution in [2.75, 3.05) is 49.6 Å². The first-order chi connectivity index (χ1) is 18.0. The molecule has 1 N–H and O–H groups in total. The minimum absolute atomic E-state index is 0.0474. The van der Waals surface area contributed by atoms with Gasteiger partial charge in [-0.15, -0.1) is 0 Å². The van der Waals surface area contributed by atoms with Crippen LogP contribution >= 0.6 is 0 Å². The SMILES string of the molecule is CCN(CC)c1ccc(/C=C2\CCC(/C=C(/C#N)C(=O)Nc3ccccc3F)=C2N2CCOCC2)cc1. The molecule has 192 valence electrons. The third kappa shape index (κ3) is 6.28. The minimum Gasteiger partial charge on any atom is -0.378 e. The van der Waals surface area contributed by atoms with Gasteiger partial charge in [-0.25, -0.2) is 4.39 Å². The Morgan fingerprint density at radius 3 is 2.46 bits per heavy atom. The van der Waals surface area contributed by atoms with Crippen molar-refractivity contribution in [1.29, 1.82) is 5.26 Å². The van der Waals surface area contributed by atoms with Crippen molar-refractivity contribution in [3.05, 3.63) is 88.4 Å². The van der Waals surface area contributed by atoms with Gasteiger partial charge in [0.05, 0.1) is 18.9 Å². The summed E-state index contributed by atoms with van der Waals surface area (Å²) in [4.78, 5) is 17.4. The zero-order valence-electron chi connectivity index (χ0n) is 21.5. The molecule has 37 heavy (non-hydrogen) atoms. The Morgan fingerprint density at radius 1 is 1.11 bits per heavy atom. The maximum absolute atomic E-state index is 14.0. The van der Waals surface area contributed by atoms with Crippen LogP contribution in [-0.4, -0.2) is 50.2 Å². The molecule has 1 heterocycles. The Morgan fingerprint density at radius 2 is 1.81 bits per heavy atom. The number of para-hydroxylation sites is 1. The van der Waals surface area contributed by atoms with Crippen LogP contribution in [0.4, 0.5) is 15.8 Å². The molecule has 0 saturated carbocycles. The molecule has 2 aliphatic rings. The zero-order chi connectivity index (χ0) is 26.2.